The lowest BCUT2D eigenvalue weighted by Crippen LogP contribution is -2.22. The molecule has 0 aliphatic carbocycles. The fourth-order valence-corrected chi connectivity index (χ4v) is 2.96. The number of rotatable bonds is 7. The van der Waals surface area contributed by atoms with Crippen LogP contribution in [0.5, 0.6) is 0 Å². The molecule has 3 nitrogen and oxygen atoms in total. The molecule has 0 aliphatic heterocycles. The van der Waals surface area contributed by atoms with E-state index in [1.807, 2.05) is 6.92 Å². The van der Waals surface area contributed by atoms with Gasteiger partial charge in [0.15, 0.2) is 0 Å². The summed E-state index contributed by atoms with van der Waals surface area (Å²) in [5.74, 6) is 0. The number of halogens is 1. The quantitative estimate of drug-likeness (QED) is 0.831. The molecule has 1 rings (SSSR count). The molecule has 0 saturated heterocycles. The maximum absolute atomic E-state index is 13.8. The molecule has 0 spiro atoms. The highest BCUT2D eigenvalue weighted by atomic mass is 32.2. The summed E-state index contributed by atoms with van der Waals surface area (Å²) in [6.07, 6.45) is 0.815. The van der Waals surface area contributed by atoms with Gasteiger partial charge in [0.1, 0.15) is 0 Å². The predicted molar refractivity (Wildman–Crippen MR) is 68.7 cm³/mol. The molecule has 0 amide bonds. The lowest BCUT2D eigenvalue weighted by molar-refractivity contribution is 0.133. The zero-order chi connectivity index (χ0) is 13.6. The van der Waals surface area contributed by atoms with Gasteiger partial charge in [0.25, 0.3) is 0 Å². The Balaban J connectivity index is 2.69. The van der Waals surface area contributed by atoms with E-state index in [1.165, 1.54) is 12.1 Å². The zero-order valence-electron chi connectivity index (χ0n) is 10.4. The standard InChI is InChI=1S/C13H19FO3S/c1-2-3-7-11(15)10-13(14)18(16,17)12-8-5-4-6-9-12/h4-6,8-9,11,13,15H,2-3,7,10H2,1H3. The molecule has 2 unspecified atom stereocenters. The molecular formula is C13H19FO3S. The number of aliphatic hydroxyl groups is 1. The van der Waals surface area contributed by atoms with Gasteiger partial charge in [0, 0.05) is 6.42 Å². The molecule has 0 aromatic heterocycles. The summed E-state index contributed by atoms with van der Waals surface area (Å²) < 4.78 is 37.5. The molecule has 0 aliphatic rings. The van der Waals surface area contributed by atoms with Crippen molar-refractivity contribution in [3.05, 3.63) is 30.3 Å². The molecule has 5 heteroatoms. The number of sulfone groups is 1. The lowest BCUT2D eigenvalue weighted by Gasteiger charge is -2.14. The zero-order valence-corrected chi connectivity index (χ0v) is 11.2. The van der Waals surface area contributed by atoms with Gasteiger partial charge >= 0.3 is 0 Å². The normalized spacial score (nSPS) is 15.3. The van der Waals surface area contributed by atoms with Crippen LogP contribution in [-0.2, 0) is 9.84 Å². The van der Waals surface area contributed by atoms with Crippen LogP contribution < -0.4 is 0 Å². The summed E-state index contributed by atoms with van der Waals surface area (Å²) in [5.41, 5.74) is -2.05. The second-order valence-electron chi connectivity index (χ2n) is 4.30. The van der Waals surface area contributed by atoms with E-state index in [-0.39, 0.29) is 11.3 Å². The van der Waals surface area contributed by atoms with Gasteiger partial charge in [-0.25, -0.2) is 12.8 Å². The summed E-state index contributed by atoms with van der Waals surface area (Å²) >= 11 is 0. The van der Waals surface area contributed by atoms with Crippen molar-refractivity contribution in [1.29, 1.82) is 0 Å². The number of benzene rings is 1. The largest absolute Gasteiger partial charge is 0.393 e. The molecule has 0 bridgehead atoms. The second kappa shape index (κ2) is 6.85. The Hall–Kier alpha value is -0.940. The Morgan fingerprint density at radius 1 is 1.28 bits per heavy atom. The summed E-state index contributed by atoms with van der Waals surface area (Å²) in [5, 5.41) is 9.56. The smallest absolute Gasteiger partial charge is 0.210 e. The van der Waals surface area contributed by atoms with Crippen LogP contribution in [0.2, 0.25) is 0 Å². The van der Waals surface area contributed by atoms with Crippen molar-refractivity contribution >= 4 is 9.84 Å². The average Bonchev–Trinajstić information content (AvgIpc) is 2.37. The highest BCUT2D eigenvalue weighted by molar-refractivity contribution is 7.91. The van der Waals surface area contributed by atoms with E-state index < -0.39 is 21.4 Å². The molecule has 1 aromatic carbocycles. The van der Waals surface area contributed by atoms with Crippen molar-refractivity contribution in [2.45, 2.75) is 49.1 Å². The highest BCUT2D eigenvalue weighted by Crippen LogP contribution is 2.21. The Morgan fingerprint density at radius 2 is 1.89 bits per heavy atom. The molecular weight excluding hydrogens is 255 g/mol. The molecule has 18 heavy (non-hydrogen) atoms. The van der Waals surface area contributed by atoms with Crippen molar-refractivity contribution in [3.63, 3.8) is 0 Å². The Bertz CT molecular complexity index is 445. The van der Waals surface area contributed by atoms with Gasteiger partial charge in [0.2, 0.25) is 15.3 Å². The van der Waals surface area contributed by atoms with E-state index in [9.17, 15) is 17.9 Å². The lowest BCUT2D eigenvalue weighted by atomic mass is 10.1. The van der Waals surface area contributed by atoms with Crippen molar-refractivity contribution < 1.29 is 17.9 Å². The first-order valence-electron chi connectivity index (χ1n) is 6.09. The van der Waals surface area contributed by atoms with E-state index in [0.717, 1.165) is 12.8 Å². The molecule has 102 valence electrons. The minimum atomic E-state index is -3.99. The maximum atomic E-state index is 13.8. The van der Waals surface area contributed by atoms with Gasteiger partial charge in [-0.1, -0.05) is 38.0 Å². The van der Waals surface area contributed by atoms with Gasteiger partial charge in [0.05, 0.1) is 11.0 Å². The van der Waals surface area contributed by atoms with Gasteiger partial charge in [-0.05, 0) is 18.6 Å². The van der Waals surface area contributed by atoms with Crippen molar-refractivity contribution in [1.82, 2.24) is 0 Å². The molecule has 1 aromatic rings. The monoisotopic (exact) mass is 274 g/mol. The average molecular weight is 274 g/mol. The summed E-state index contributed by atoms with van der Waals surface area (Å²) in [7, 11) is -3.99. The van der Waals surface area contributed by atoms with Crippen LogP contribution in [0.4, 0.5) is 4.39 Å². The predicted octanol–water partition coefficient (Wildman–Crippen LogP) is 2.70. The van der Waals surface area contributed by atoms with Gasteiger partial charge in [-0.3, -0.25) is 0 Å². The van der Waals surface area contributed by atoms with Crippen molar-refractivity contribution in [3.8, 4) is 0 Å². The third-order valence-corrected chi connectivity index (χ3v) is 4.55. The van der Waals surface area contributed by atoms with Crippen molar-refractivity contribution in [2.75, 3.05) is 0 Å². The number of alkyl halides is 1. The van der Waals surface area contributed by atoms with Crippen LogP contribution in [0.15, 0.2) is 35.2 Å². The first-order chi connectivity index (χ1) is 8.48. The van der Waals surface area contributed by atoms with Crippen LogP contribution in [0.25, 0.3) is 0 Å². The molecule has 0 saturated carbocycles. The third-order valence-electron chi connectivity index (χ3n) is 2.76. The topological polar surface area (TPSA) is 54.4 Å². The fraction of sp³-hybridized carbons (Fsp3) is 0.538. The number of aliphatic hydroxyl groups excluding tert-OH is 1. The van der Waals surface area contributed by atoms with E-state index >= 15 is 0 Å². The molecule has 2 atom stereocenters. The minimum absolute atomic E-state index is 0.0415. The Kier molecular flexibility index (Phi) is 5.75. The van der Waals surface area contributed by atoms with Crippen LogP contribution in [0.3, 0.4) is 0 Å². The van der Waals surface area contributed by atoms with Crippen LogP contribution in [0, 0.1) is 0 Å². The van der Waals surface area contributed by atoms with Crippen LogP contribution >= 0.6 is 0 Å². The van der Waals surface area contributed by atoms with Gasteiger partial charge in [-0.2, -0.15) is 0 Å². The summed E-state index contributed by atoms with van der Waals surface area (Å²) in [4.78, 5) is -0.0415. The number of hydrogen-bond acceptors (Lipinski definition) is 3. The first-order valence-corrected chi connectivity index (χ1v) is 7.64. The van der Waals surface area contributed by atoms with Gasteiger partial charge in [-0.15, -0.1) is 0 Å². The van der Waals surface area contributed by atoms with E-state index in [0.29, 0.717) is 6.42 Å². The highest BCUT2D eigenvalue weighted by Gasteiger charge is 2.28. The fourth-order valence-electron chi connectivity index (χ4n) is 1.66. The Labute approximate surface area is 108 Å². The SMILES string of the molecule is CCCCC(O)CC(F)S(=O)(=O)c1ccccc1. The van der Waals surface area contributed by atoms with Crippen LogP contribution in [0.1, 0.15) is 32.6 Å². The van der Waals surface area contributed by atoms with E-state index in [2.05, 4.69) is 0 Å². The van der Waals surface area contributed by atoms with Crippen LogP contribution in [-0.4, -0.2) is 25.1 Å². The molecule has 1 N–H and O–H groups in total. The Morgan fingerprint density at radius 3 is 2.44 bits per heavy atom. The summed E-state index contributed by atoms with van der Waals surface area (Å²) in [6.45, 7) is 1.96. The van der Waals surface area contributed by atoms with Gasteiger partial charge < -0.3 is 5.11 Å². The molecule has 0 heterocycles. The maximum Gasteiger partial charge on any atom is 0.210 e. The van der Waals surface area contributed by atoms with E-state index in [4.69, 9.17) is 0 Å². The third kappa shape index (κ3) is 4.07. The van der Waals surface area contributed by atoms with E-state index in [1.54, 1.807) is 18.2 Å². The molecule has 0 radical (unpaired) electrons. The minimum Gasteiger partial charge on any atom is -0.393 e. The molecule has 0 fully saturated rings. The number of hydrogen-bond donors (Lipinski definition) is 1. The summed E-state index contributed by atoms with van der Waals surface area (Å²) in [6, 6.07) is 7.49. The number of unbranched alkanes of at least 4 members (excludes halogenated alkanes) is 1. The first kappa shape index (κ1) is 15.1. The van der Waals surface area contributed by atoms with Crippen molar-refractivity contribution in [2.24, 2.45) is 0 Å². The second-order valence-corrected chi connectivity index (χ2v) is 6.37.